The van der Waals surface area contributed by atoms with Gasteiger partial charge < -0.3 is 9.64 Å². The predicted octanol–water partition coefficient (Wildman–Crippen LogP) is 1.09. The van der Waals surface area contributed by atoms with Crippen LogP contribution in [0.4, 0.5) is 0 Å². The molecule has 17 heavy (non-hydrogen) atoms. The third kappa shape index (κ3) is 2.96. The zero-order chi connectivity index (χ0) is 12.8. The van der Waals surface area contributed by atoms with Gasteiger partial charge in [0.05, 0.1) is 12.7 Å². The molecule has 0 saturated carbocycles. The zero-order valence-corrected chi connectivity index (χ0v) is 10.3. The molecule has 0 aromatic carbocycles. The fraction of sp³-hybridized carbons (Fsp3) is 0.750. The fourth-order valence-electron chi connectivity index (χ4n) is 2.04. The Morgan fingerprint density at radius 1 is 1.53 bits per heavy atom. The van der Waals surface area contributed by atoms with Gasteiger partial charge in [-0.1, -0.05) is 6.92 Å². The van der Waals surface area contributed by atoms with E-state index in [4.69, 9.17) is 10.00 Å². The first-order valence-electron chi connectivity index (χ1n) is 6.02. The molecule has 1 saturated heterocycles. The zero-order valence-electron chi connectivity index (χ0n) is 10.3. The van der Waals surface area contributed by atoms with Crippen molar-refractivity contribution < 1.29 is 14.3 Å². The molecule has 1 heterocycles. The van der Waals surface area contributed by atoms with E-state index in [1.165, 1.54) is 4.90 Å². The van der Waals surface area contributed by atoms with Gasteiger partial charge in [0.2, 0.25) is 5.91 Å². The number of hydrogen-bond donors (Lipinski definition) is 0. The lowest BCUT2D eigenvalue weighted by Gasteiger charge is -2.24. The van der Waals surface area contributed by atoms with Crippen molar-refractivity contribution in [2.45, 2.75) is 39.2 Å². The van der Waals surface area contributed by atoms with Crippen LogP contribution in [0.2, 0.25) is 0 Å². The summed E-state index contributed by atoms with van der Waals surface area (Å²) in [5.74, 6) is -1.25. The average Bonchev–Trinajstić information content (AvgIpc) is 2.79. The lowest BCUT2D eigenvalue weighted by Crippen LogP contribution is -2.43. The molecule has 0 N–H and O–H groups in total. The molecule has 1 aliphatic heterocycles. The highest BCUT2D eigenvalue weighted by molar-refractivity contribution is 5.87. The first-order chi connectivity index (χ1) is 8.15. The number of carbonyl (C=O) groups is 2. The summed E-state index contributed by atoms with van der Waals surface area (Å²) in [7, 11) is 0. The molecule has 0 aliphatic carbocycles. The van der Waals surface area contributed by atoms with Crippen LogP contribution in [0.3, 0.4) is 0 Å². The Morgan fingerprint density at radius 2 is 2.24 bits per heavy atom. The van der Waals surface area contributed by atoms with Crippen LogP contribution in [0.15, 0.2) is 0 Å². The first-order valence-corrected chi connectivity index (χ1v) is 6.02. The van der Waals surface area contributed by atoms with Crippen LogP contribution in [0.5, 0.6) is 0 Å². The van der Waals surface area contributed by atoms with Crippen molar-refractivity contribution in [1.29, 1.82) is 5.26 Å². The number of carbonyl (C=O) groups excluding carboxylic acids is 2. The summed E-state index contributed by atoms with van der Waals surface area (Å²) in [6.45, 7) is 4.39. The summed E-state index contributed by atoms with van der Waals surface area (Å²) in [4.78, 5) is 25.2. The summed E-state index contributed by atoms with van der Waals surface area (Å²) in [5, 5.41) is 8.87. The van der Waals surface area contributed by atoms with Crippen molar-refractivity contribution in [2.24, 2.45) is 5.92 Å². The lowest BCUT2D eigenvalue weighted by molar-refractivity contribution is -0.153. The topological polar surface area (TPSA) is 70.4 Å². The molecule has 0 aromatic heterocycles. The molecule has 1 amide bonds. The van der Waals surface area contributed by atoms with Gasteiger partial charge in [0.15, 0.2) is 0 Å². The van der Waals surface area contributed by atoms with Crippen LogP contribution >= 0.6 is 0 Å². The molecule has 1 fully saturated rings. The molecule has 0 bridgehead atoms. The summed E-state index contributed by atoms with van der Waals surface area (Å²) < 4.78 is 4.94. The predicted molar refractivity (Wildman–Crippen MR) is 60.8 cm³/mol. The molecule has 1 rings (SSSR count). The Morgan fingerprint density at radius 3 is 2.76 bits per heavy atom. The van der Waals surface area contributed by atoms with E-state index < -0.39 is 12.0 Å². The highest BCUT2D eigenvalue weighted by Crippen LogP contribution is 2.21. The van der Waals surface area contributed by atoms with Crippen LogP contribution in [-0.2, 0) is 14.3 Å². The third-order valence-corrected chi connectivity index (χ3v) is 2.96. The number of nitrogens with zero attached hydrogens (tertiary/aromatic N) is 2. The summed E-state index contributed by atoms with van der Waals surface area (Å²) >= 11 is 0. The van der Waals surface area contributed by atoms with Gasteiger partial charge in [-0.3, -0.25) is 4.79 Å². The Hall–Kier alpha value is -1.57. The largest absolute Gasteiger partial charge is 0.464 e. The Bertz CT molecular complexity index is 335. The monoisotopic (exact) mass is 238 g/mol. The van der Waals surface area contributed by atoms with E-state index in [-0.39, 0.29) is 11.9 Å². The lowest BCUT2D eigenvalue weighted by atomic mass is 10.1. The number of amides is 1. The number of likely N-dealkylation sites (tertiary alicyclic amines) is 1. The molecular weight excluding hydrogens is 220 g/mol. The van der Waals surface area contributed by atoms with Crippen LogP contribution in [0.25, 0.3) is 0 Å². The Kier molecular flexibility index (Phi) is 4.95. The SMILES string of the molecule is CCOC(=O)C1CCCN1C(=O)C(C#N)CC. The van der Waals surface area contributed by atoms with Gasteiger partial charge in [-0.25, -0.2) is 4.79 Å². The molecule has 5 nitrogen and oxygen atoms in total. The maximum Gasteiger partial charge on any atom is 0.328 e. The molecule has 1 aliphatic rings. The Labute approximate surface area is 101 Å². The second-order valence-electron chi connectivity index (χ2n) is 4.03. The molecular formula is C12H18N2O3. The van der Waals surface area contributed by atoms with Crippen LogP contribution < -0.4 is 0 Å². The summed E-state index contributed by atoms with van der Waals surface area (Å²) in [6.07, 6.45) is 1.89. The maximum atomic E-state index is 12.0. The van der Waals surface area contributed by atoms with Crippen LogP contribution in [0.1, 0.15) is 33.1 Å². The van der Waals surface area contributed by atoms with E-state index in [1.807, 2.05) is 6.07 Å². The van der Waals surface area contributed by atoms with Crippen molar-refractivity contribution in [2.75, 3.05) is 13.2 Å². The van der Waals surface area contributed by atoms with Crippen molar-refractivity contribution in [1.82, 2.24) is 4.90 Å². The quantitative estimate of drug-likeness (QED) is 0.687. The summed E-state index contributed by atoms with van der Waals surface area (Å²) in [5.41, 5.74) is 0. The number of rotatable bonds is 4. The fourth-order valence-corrected chi connectivity index (χ4v) is 2.04. The number of ether oxygens (including phenoxy) is 1. The van der Waals surface area contributed by atoms with Gasteiger partial charge in [-0.15, -0.1) is 0 Å². The van der Waals surface area contributed by atoms with E-state index in [0.717, 1.165) is 6.42 Å². The van der Waals surface area contributed by atoms with Crippen molar-refractivity contribution >= 4 is 11.9 Å². The number of esters is 1. The average molecular weight is 238 g/mol. The second-order valence-corrected chi connectivity index (χ2v) is 4.03. The van der Waals surface area contributed by atoms with Gasteiger partial charge >= 0.3 is 5.97 Å². The molecule has 94 valence electrons. The number of nitriles is 1. The smallest absolute Gasteiger partial charge is 0.328 e. The number of hydrogen-bond acceptors (Lipinski definition) is 4. The highest BCUT2D eigenvalue weighted by Gasteiger charge is 2.37. The minimum atomic E-state index is -0.648. The minimum Gasteiger partial charge on any atom is -0.464 e. The molecule has 0 radical (unpaired) electrons. The third-order valence-electron chi connectivity index (χ3n) is 2.96. The van der Waals surface area contributed by atoms with Crippen LogP contribution in [-0.4, -0.2) is 36.0 Å². The van der Waals surface area contributed by atoms with Gasteiger partial charge in [0.1, 0.15) is 12.0 Å². The van der Waals surface area contributed by atoms with Gasteiger partial charge in [0, 0.05) is 6.54 Å². The maximum absolute atomic E-state index is 12.0. The van der Waals surface area contributed by atoms with Gasteiger partial charge in [-0.05, 0) is 26.2 Å². The minimum absolute atomic E-state index is 0.245. The molecule has 0 aromatic rings. The van der Waals surface area contributed by atoms with E-state index >= 15 is 0 Å². The van der Waals surface area contributed by atoms with E-state index in [9.17, 15) is 9.59 Å². The molecule has 2 atom stereocenters. The Balaban J connectivity index is 2.72. The van der Waals surface area contributed by atoms with Gasteiger partial charge in [-0.2, -0.15) is 5.26 Å². The van der Waals surface area contributed by atoms with Crippen molar-refractivity contribution in [3.63, 3.8) is 0 Å². The molecule has 2 unspecified atom stereocenters. The normalized spacial score (nSPS) is 20.8. The first kappa shape index (κ1) is 13.5. The summed E-state index contributed by atoms with van der Waals surface area (Å²) in [6, 6.07) is 1.48. The van der Waals surface area contributed by atoms with Gasteiger partial charge in [0.25, 0.3) is 0 Å². The second kappa shape index (κ2) is 6.24. The van der Waals surface area contributed by atoms with Crippen molar-refractivity contribution in [3.8, 4) is 6.07 Å². The van der Waals surface area contributed by atoms with Crippen LogP contribution in [0, 0.1) is 17.2 Å². The van der Waals surface area contributed by atoms with E-state index in [2.05, 4.69) is 0 Å². The van der Waals surface area contributed by atoms with Crippen molar-refractivity contribution in [3.05, 3.63) is 0 Å². The van der Waals surface area contributed by atoms with E-state index in [1.54, 1.807) is 13.8 Å². The highest BCUT2D eigenvalue weighted by atomic mass is 16.5. The standard InChI is InChI=1S/C12H18N2O3/c1-3-9(8-13)11(15)14-7-5-6-10(14)12(16)17-4-2/h9-10H,3-7H2,1-2H3. The molecule has 0 spiro atoms. The van der Waals surface area contributed by atoms with E-state index in [0.29, 0.717) is 26.0 Å². The molecule has 5 heteroatoms.